The number of alkyl halides is 2. The molecule has 2 aromatic rings. The number of halogens is 4. The van der Waals surface area contributed by atoms with Gasteiger partial charge in [-0.25, -0.2) is 8.78 Å². The monoisotopic (exact) mass is 605 g/mol. The first-order valence-corrected chi connectivity index (χ1v) is 14.7. The van der Waals surface area contributed by atoms with Gasteiger partial charge in [0.2, 0.25) is 11.8 Å². The molecule has 3 saturated heterocycles. The average Bonchev–Trinajstić information content (AvgIpc) is 3.27. The molecule has 218 valence electrons. The lowest BCUT2D eigenvalue weighted by Gasteiger charge is -2.46. The zero-order chi connectivity index (χ0) is 28.9. The number of fused-ring (bicyclic) bond motifs is 1. The van der Waals surface area contributed by atoms with Crippen LogP contribution in [0.1, 0.15) is 40.7 Å². The van der Waals surface area contributed by atoms with E-state index in [9.17, 15) is 14.4 Å². The number of piperazine rings is 1. The predicted molar refractivity (Wildman–Crippen MR) is 151 cm³/mol. The van der Waals surface area contributed by atoms with E-state index in [0.29, 0.717) is 60.3 Å². The molecule has 8 nitrogen and oxygen atoms in total. The van der Waals surface area contributed by atoms with Gasteiger partial charge in [0.1, 0.15) is 6.04 Å². The van der Waals surface area contributed by atoms with Crippen molar-refractivity contribution in [3.8, 4) is 0 Å². The molecule has 2 atom stereocenters. The second-order valence-electron chi connectivity index (χ2n) is 11.2. The van der Waals surface area contributed by atoms with Crippen molar-refractivity contribution in [3.63, 3.8) is 0 Å². The first kappa shape index (κ1) is 28.3. The SMILES string of the molecule is O=C1CCC(N2Cc3cccc(CN4CCC(N5CCN(c6cccc(Cl)c6Cl)CC5)C(F)(F)C4)c3C2=O)C(=O)N1. The van der Waals surface area contributed by atoms with E-state index in [1.165, 1.54) is 4.90 Å². The fourth-order valence-electron chi connectivity index (χ4n) is 6.66. The average molecular weight is 607 g/mol. The molecule has 12 heteroatoms. The van der Waals surface area contributed by atoms with E-state index in [0.717, 1.165) is 11.3 Å². The number of carbonyl (C=O) groups excluding carboxylic acids is 3. The van der Waals surface area contributed by atoms with E-state index >= 15 is 8.78 Å². The van der Waals surface area contributed by atoms with Crippen molar-refractivity contribution in [2.24, 2.45) is 0 Å². The molecular formula is C29H31Cl2F2N5O3. The molecule has 0 spiro atoms. The third-order valence-corrected chi connectivity index (χ3v) is 9.51. The van der Waals surface area contributed by atoms with Crippen molar-refractivity contribution in [2.75, 3.05) is 44.2 Å². The molecule has 0 aliphatic carbocycles. The molecule has 4 heterocycles. The Morgan fingerprint density at radius 2 is 1.71 bits per heavy atom. The molecule has 2 aromatic carbocycles. The molecule has 3 fully saturated rings. The number of nitrogens with one attached hydrogen (secondary N) is 1. The van der Waals surface area contributed by atoms with Crippen LogP contribution >= 0.6 is 23.2 Å². The van der Waals surface area contributed by atoms with Crippen molar-refractivity contribution in [1.82, 2.24) is 20.0 Å². The quantitative estimate of drug-likeness (QED) is 0.523. The smallest absolute Gasteiger partial charge is 0.275 e. The highest BCUT2D eigenvalue weighted by Crippen LogP contribution is 2.37. The van der Waals surface area contributed by atoms with Crippen molar-refractivity contribution >= 4 is 46.6 Å². The predicted octanol–water partition coefficient (Wildman–Crippen LogP) is 3.79. The summed E-state index contributed by atoms with van der Waals surface area (Å²) in [6, 6.07) is 9.35. The lowest BCUT2D eigenvalue weighted by atomic mass is 9.96. The molecule has 6 rings (SSSR count). The topological polar surface area (TPSA) is 76.2 Å². The first-order chi connectivity index (χ1) is 19.6. The highest BCUT2D eigenvalue weighted by molar-refractivity contribution is 6.43. The van der Waals surface area contributed by atoms with Crippen LogP contribution in [0.5, 0.6) is 0 Å². The summed E-state index contributed by atoms with van der Waals surface area (Å²) in [5.41, 5.74) is 2.76. The van der Waals surface area contributed by atoms with E-state index < -0.39 is 30.5 Å². The van der Waals surface area contributed by atoms with Crippen LogP contribution in [0.4, 0.5) is 14.5 Å². The maximum atomic E-state index is 15.6. The lowest BCUT2D eigenvalue weighted by Crippen LogP contribution is -2.61. The van der Waals surface area contributed by atoms with Gasteiger partial charge in [0.05, 0.1) is 28.3 Å². The largest absolute Gasteiger partial charge is 0.368 e. The van der Waals surface area contributed by atoms with Gasteiger partial charge in [0, 0.05) is 57.8 Å². The summed E-state index contributed by atoms with van der Waals surface area (Å²) in [6.45, 7) is 2.74. The summed E-state index contributed by atoms with van der Waals surface area (Å²) in [5, 5.41) is 3.26. The summed E-state index contributed by atoms with van der Waals surface area (Å²) < 4.78 is 31.2. The second kappa shape index (κ2) is 11.1. The first-order valence-electron chi connectivity index (χ1n) is 13.9. The molecule has 0 bridgehead atoms. The minimum absolute atomic E-state index is 0.177. The van der Waals surface area contributed by atoms with Crippen LogP contribution in [-0.4, -0.2) is 89.7 Å². The van der Waals surface area contributed by atoms with Crippen molar-refractivity contribution in [3.05, 3.63) is 63.1 Å². The molecule has 3 amide bonds. The zero-order valence-corrected chi connectivity index (χ0v) is 23.9. The summed E-state index contributed by atoms with van der Waals surface area (Å²) in [5.74, 6) is -4.02. The van der Waals surface area contributed by atoms with E-state index in [1.54, 1.807) is 17.0 Å². The number of amides is 3. The Balaban J connectivity index is 1.09. The van der Waals surface area contributed by atoms with Gasteiger partial charge in [-0.05, 0) is 36.1 Å². The fraction of sp³-hybridized carbons (Fsp3) is 0.483. The number of nitrogens with zero attached hydrogens (tertiary/aromatic N) is 4. The molecule has 0 radical (unpaired) electrons. The maximum Gasteiger partial charge on any atom is 0.275 e. The van der Waals surface area contributed by atoms with Gasteiger partial charge < -0.3 is 9.80 Å². The third kappa shape index (κ3) is 5.43. The van der Waals surface area contributed by atoms with Gasteiger partial charge in [-0.2, -0.15) is 0 Å². The van der Waals surface area contributed by atoms with E-state index in [2.05, 4.69) is 10.2 Å². The fourth-order valence-corrected chi connectivity index (χ4v) is 7.07. The van der Waals surface area contributed by atoms with Crippen molar-refractivity contribution < 1.29 is 23.2 Å². The van der Waals surface area contributed by atoms with Crippen molar-refractivity contribution in [1.29, 1.82) is 0 Å². The molecule has 1 N–H and O–H groups in total. The molecule has 41 heavy (non-hydrogen) atoms. The summed E-state index contributed by atoms with van der Waals surface area (Å²) in [4.78, 5) is 44.6. The molecule has 4 aliphatic rings. The molecule has 2 unspecified atom stereocenters. The summed E-state index contributed by atoms with van der Waals surface area (Å²) in [7, 11) is 0. The zero-order valence-electron chi connectivity index (χ0n) is 22.4. The van der Waals surface area contributed by atoms with E-state index in [-0.39, 0.29) is 37.7 Å². The van der Waals surface area contributed by atoms with Gasteiger partial charge in [0.25, 0.3) is 11.8 Å². The number of hydrogen-bond acceptors (Lipinski definition) is 6. The summed E-state index contributed by atoms with van der Waals surface area (Å²) >= 11 is 12.5. The van der Waals surface area contributed by atoms with E-state index in [1.807, 2.05) is 29.2 Å². The number of hydrogen-bond donors (Lipinski definition) is 1. The number of anilines is 1. The van der Waals surface area contributed by atoms with Crippen LogP contribution in [-0.2, 0) is 22.7 Å². The number of likely N-dealkylation sites (tertiary alicyclic amines) is 1. The minimum atomic E-state index is -2.92. The molecule has 0 saturated carbocycles. The Labute approximate surface area is 247 Å². The lowest BCUT2D eigenvalue weighted by molar-refractivity contribution is -0.137. The Bertz CT molecular complexity index is 1380. The number of piperidine rings is 2. The van der Waals surface area contributed by atoms with Gasteiger partial charge >= 0.3 is 0 Å². The van der Waals surface area contributed by atoms with Gasteiger partial charge in [-0.1, -0.05) is 47.5 Å². The summed E-state index contributed by atoms with van der Waals surface area (Å²) in [6.07, 6.45) is 0.771. The normalized spacial score (nSPS) is 25.4. The number of imide groups is 1. The Hall–Kier alpha value is -2.79. The van der Waals surface area contributed by atoms with Gasteiger partial charge in [0.15, 0.2) is 0 Å². The van der Waals surface area contributed by atoms with Crippen molar-refractivity contribution in [2.45, 2.75) is 50.4 Å². The minimum Gasteiger partial charge on any atom is -0.368 e. The van der Waals surface area contributed by atoms with Crippen LogP contribution in [0, 0.1) is 0 Å². The van der Waals surface area contributed by atoms with Crippen LogP contribution in [0.3, 0.4) is 0 Å². The highest BCUT2D eigenvalue weighted by atomic mass is 35.5. The van der Waals surface area contributed by atoms with Crippen LogP contribution in [0.15, 0.2) is 36.4 Å². The van der Waals surface area contributed by atoms with E-state index in [4.69, 9.17) is 23.2 Å². The van der Waals surface area contributed by atoms with Crippen LogP contribution in [0.2, 0.25) is 10.0 Å². The number of rotatable bonds is 5. The van der Waals surface area contributed by atoms with Gasteiger partial charge in [-0.3, -0.25) is 29.5 Å². The Morgan fingerprint density at radius 1 is 0.951 bits per heavy atom. The number of benzene rings is 2. The second-order valence-corrected chi connectivity index (χ2v) is 12.0. The standard InChI is InChI=1S/C29H31Cl2F2N5O3/c30-20-5-2-6-21(26(20)31)36-11-13-37(14-12-36)23-9-10-35(17-29(23,32)33)15-18-3-1-4-19-16-38(28(41)25(18)19)22-7-8-24(39)34-27(22)40/h1-6,22-23H,7-17H2,(H,34,39,40). The third-order valence-electron chi connectivity index (χ3n) is 8.70. The molecule has 4 aliphatic heterocycles. The molecule has 0 aromatic heterocycles. The Kier molecular flexibility index (Phi) is 7.69. The van der Waals surface area contributed by atoms with Gasteiger partial charge in [-0.15, -0.1) is 0 Å². The Morgan fingerprint density at radius 3 is 2.44 bits per heavy atom. The van der Waals surface area contributed by atoms with Crippen LogP contribution < -0.4 is 10.2 Å². The maximum absolute atomic E-state index is 15.6. The molecular weight excluding hydrogens is 575 g/mol. The highest BCUT2D eigenvalue weighted by Gasteiger charge is 2.48. The number of carbonyl (C=O) groups is 3. The van der Waals surface area contributed by atoms with Crippen LogP contribution in [0.25, 0.3) is 0 Å².